The topological polar surface area (TPSA) is 113 Å². The van der Waals surface area contributed by atoms with Crippen LogP contribution >= 0.6 is 23.1 Å². The summed E-state index contributed by atoms with van der Waals surface area (Å²) in [6.07, 6.45) is 0.852. The maximum Gasteiger partial charge on any atom is 0.293 e. The molecule has 9 heteroatoms. The Bertz CT molecular complexity index is 1250. The number of thiophene rings is 1. The predicted molar refractivity (Wildman–Crippen MR) is 131 cm³/mol. The van der Waals surface area contributed by atoms with Gasteiger partial charge in [0, 0.05) is 33.5 Å². The fourth-order valence-corrected chi connectivity index (χ4v) is 6.70. The Morgan fingerprint density at radius 3 is 2.73 bits per heavy atom. The Morgan fingerprint density at radius 1 is 1.33 bits per heavy atom. The van der Waals surface area contributed by atoms with Crippen molar-refractivity contribution in [1.82, 2.24) is 0 Å². The van der Waals surface area contributed by atoms with Gasteiger partial charge in [-0.1, -0.05) is 32.9 Å². The van der Waals surface area contributed by atoms with Crippen molar-refractivity contribution in [3.63, 3.8) is 0 Å². The van der Waals surface area contributed by atoms with Gasteiger partial charge < -0.3 is 5.73 Å². The number of nitro groups is 1. The zero-order chi connectivity index (χ0) is 23.9. The SMILES string of the molecule is CCSc1ccsc1C1C(C#N)=C(N)N(c2ccccc2[N+](=O)[O-])C2=C1C(=O)CC(C)(C)C2. The first-order valence-electron chi connectivity index (χ1n) is 10.6. The molecule has 2 aromatic rings. The number of hydrogen-bond acceptors (Lipinski definition) is 8. The Morgan fingerprint density at radius 2 is 2.06 bits per heavy atom. The van der Waals surface area contributed by atoms with Crippen LogP contribution in [0.1, 0.15) is 44.4 Å². The second-order valence-electron chi connectivity index (χ2n) is 8.81. The predicted octanol–water partition coefficient (Wildman–Crippen LogP) is 5.71. The summed E-state index contributed by atoms with van der Waals surface area (Å²) >= 11 is 3.17. The van der Waals surface area contributed by atoms with Crippen molar-refractivity contribution < 1.29 is 9.72 Å². The largest absolute Gasteiger partial charge is 0.384 e. The number of rotatable bonds is 5. The molecule has 1 unspecified atom stereocenters. The van der Waals surface area contributed by atoms with E-state index in [1.165, 1.54) is 17.4 Å². The van der Waals surface area contributed by atoms with E-state index in [4.69, 9.17) is 5.73 Å². The molecule has 1 aliphatic heterocycles. The van der Waals surface area contributed by atoms with Crippen molar-refractivity contribution in [2.75, 3.05) is 10.7 Å². The minimum Gasteiger partial charge on any atom is -0.384 e. The van der Waals surface area contributed by atoms with E-state index in [0.717, 1.165) is 15.5 Å². The van der Waals surface area contributed by atoms with Crippen LogP contribution in [0.2, 0.25) is 0 Å². The van der Waals surface area contributed by atoms with Crippen molar-refractivity contribution in [3.8, 4) is 6.07 Å². The third kappa shape index (κ3) is 3.94. The average Bonchev–Trinajstić information content (AvgIpc) is 3.20. The van der Waals surface area contributed by atoms with Gasteiger partial charge in [-0.25, -0.2) is 0 Å². The van der Waals surface area contributed by atoms with Crippen LogP contribution in [0.15, 0.2) is 63.3 Å². The van der Waals surface area contributed by atoms with Crippen LogP contribution in [-0.2, 0) is 4.79 Å². The molecule has 0 bridgehead atoms. The van der Waals surface area contributed by atoms with Gasteiger partial charge in [-0.05, 0) is 35.1 Å². The molecule has 0 radical (unpaired) electrons. The summed E-state index contributed by atoms with van der Waals surface area (Å²) in [6, 6.07) is 10.5. The first-order valence-corrected chi connectivity index (χ1v) is 12.5. The number of anilines is 1. The second-order valence-corrected chi connectivity index (χ2v) is 11.1. The fraction of sp³-hybridized carbons (Fsp3) is 0.333. The maximum atomic E-state index is 13.6. The number of nitro benzene ring substituents is 1. The summed E-state index contributed by atoms with van der Waals surface area (Å²) in [5.41, 5.74) is 7.82. The minimum atomic E-state index is -0.568. The van der Waals surface area contributed by atoms with Gasteiger partial charge in [0.05, 0.1) is 22.5 Å². The lowest BCUT2D eigenvalue weighted by molar-refractivity contribution is -0.384. The Kier molecular flexibility index (Phi) is 6.08. The van der Waals surface area contributed by atoms with E-state index in [9.17, 15) is 20.2 Å². The van der Waals surface area contributed by atoms with E-state index in [0.29, 0.717) is 24.1 Å². The number of para-hydroxylation sites is 2. The summed E-state index contributed by atoms with van der Waals surface area (Å²) in [6.45, 7) is 6.06. The number of carbonyl (C=O) groups excluding carboxylic acids is 1. The number of nitrogens with zero attached hydrogens (tertiary/aromatic N) is 3. The summed E-state index contributed by atoms with van der Waals surface area (Å²) < 4.78 is 0. The number of nitriles is 1. The third-order valence-electron chi connectivity index (χ3n) is 5.92. The molecule has 0 amide bonds. The highest BCUT2D eigenvalue weighted by Crippen LogP contribution is 2.53. The molecule has 0 fully saturated rings. The molecular formula is C24H24N4O3S2. The lowest BCUT2D eigenvalue weighted by Crippen LogP contribution is -2.42. The highest BCUT2D eigenvalue weighted by Gasteiger charge is 2.46. The van der Waals surface area contributed by atoms with E-state index < -0.39 is 10.8 Å². The van der Waals surface area contributed by atoms with Crippen molar-refractivity contribution >= 4 is 40.3 Å². The lowest BCUT2D eigenvalue weighted by Gasteiger charge is -2.43. The molecule has 0 saturated carbocycles. The minimum absolute atomic E-state index is 0.0454. The van der Waals surface area contributed by atoms with Gasteiger partial charge in [0.15, 0.2) is 5.78 Å². The summed E-state index contributed by atoms with van der Waals surface area (Å²) in [7, 11) is 0. The number of benzene rings is 1. The second kappa shape index (κ2) is 8.69. The highest BCUT2D eigenvalue weighted by molar-refractivity contribution is 7.99. The van der Waals surface area contributed by atoms with Gasteiger partial charge in [-0.3, -0.25) is 19.8 Å². The first-order chi connectivity index (χ1) is 15.7. The lowest BCUT2D eigenvalue weighted by atomic mass is 9.69. The van der Waals surface area contributed by atoms with Gasteiger partial charge in [0.2, 0.25) is 0 Å². The van der Waals surface area contributed by atoms with Crippen molar-refractivity contribution in [3.05, 3.63) is 73.4 Å². The molecule has 0 saturated heterocycles. The molecular weight excluding hydrogens is 456 g/mol. The van der Waals surface area contributed by atoms with Crippen molar-refractivity contribution in [1.29, 1.82) is 5.26 Å². The van der Waals surface area contributed by atoms with Crippen LogP contribution in [0, 0.1) is 26.9 Å². The Balaban J connectivity index is 2.03. The molecule has 0 spiro atoms. The molecule has 4 rings (SSSR count). The number of thioether (sulfide) groups is 1. The van der Waals surface area contributed by atoms with Crippen LogP contribution in [0.3, 0.4) is 0 Å². The van der Waals surface area contributed by atoms with Crippen LogP contribution in [-0.4, -0.2) is 16.5 Å². The summed E-state index contributed by atoms with van der Waals surface area (Å²) in [5.74, 6) is 0.381. The van der Waals surface area contributed by atoms with Gasteiger partial charge in [-0.15, -0.1) is 23.1 Å². The van der Waals surface area contributed by atoms with Gasteiger partial charge >= 0.3 is 0 Å². The number of allylic oxidation sites excluding steroid dienone is 3. The van der Waals surface area contributed by atoms with Crippen LogP contribution in [0.25, 0.3) is 0 Å². The molecule has 1 aromatic heterocycles. The molecule has 1 atom stereocenters. The van der Waals surface area contributed by atoms with Gasteiger partial charge in [-0.2, -0.15) is 5.26 Å². The number of Topliss-reactive ketones (excluding diaryl/α,β-unsaturated/α-hetero) is 1. The van der Waals surface area contributed by atoms with E-state index in [1.807, 2.05) is 25.3 Å². The van der Waals surface area contributed by atoms with E-state index in [-0.39, 0.29) is 34.0 Å². The zero-order valence-electron chi connectivity index (χ0n) is 18.6. The van der Waals surface area contributed by atoms with Crippen LogP contribution in [0.4, 0.5) is 11.4 Å². The maximum absolute atomic E-state index is 13.6. The summed E-state index contributed by atoms with van der Waals surface area (Å²) in [4.78, 5) is 28.5. The Labute approximate surface area is 200 Å². The van der Waals surface area contributed by atoms with E-state index in [1.54, 1.807) is 34.9 Å². The highest BCUT2D eigenvalue weighted by atomic mass is 32.2. The molecule has 1 aliphatic carbocycles. The van der Waals surface area contributed by atoms with Crippen molar-refractivity contribution in [2.24, 2.45) is 11.1 Å². The standard InChI is InChI=1S/C24H24N4O3S2/c1-4-32-19-9-10-33-22(19)20-14(13-25)23(26)27(15-7-5-6-8-16(15)28(30)31)17-11-24(2,3)12-18(29)21(17)20/h5-10,20H,4,11-12,26H2,1-3H3. The van der Waals surface area contributed by atoms with Crippen molar-refractivity contribution in [2.45, 2.75) is 44.4 Å². The van der Waals surface area contributed by atoms with Crippen LogP contribution < -0.4 is 10.6 Å². The molecule has 1 aromatic carbocycles. The fourth-order valence-electron chi connectivity index (χ4n) is 4.65. The number of ketones is 1. The molecule has 2 heterocycles. The zero-order valence-corrected chi connectivity index (χ0v) is 20.3. The monoisotopic (exact) mass is 480 g/mol. The number of carbonyl (C=O) groups is 1. The normalized spacial score (nSPS) is 20.0. The van der Waals surface area contributed by atoms with Gasteiger partial charge in [0.25, 0.3) is 5.69 Å². The molecule has 170 valence electrons. The third-order valence-corrected chi connectivity index (χ3v) is 7.99. The smallest absolute Gasteiger partial charge is 0.293 e. The quantitative estimate of drug-likeness (QED) is 0.331. The molecule has 7 nitrogen and oxygen atoms in total. The number of nitrogens with two attached hydrogens (primary N) is 1. The molecule has 2 N–H and O–H groups in total. The average molecular weight is 481 g/mol. The first kappa shape index (κ1) is 23.1. The van der Waals surface area contributed by atoms with Gasteiger partial charge in [0.1, 0.15) is 11.5 Å². The Hall–Kier alpha value is -3.09. The van der Waals surface area contributed by atoms with E-state index >= 15 is 0 Å². The summed E-state index contributed by atoms with van der Waals surface area (Å²) in [5, 5.41) is 24.0. The van der Waals surface area contributed by atoms with Crippen LogP contribution in [0.5, 0.6) is 0 Å². The molecule has 33 heavy (non-hydrogen) atoms. The molecule has 2 aliphatic rings. The number of hydrogen-bond donors (Lipinski definition) is 1. The van der Waals surface area contributed by atoms with E-state index in [2.05, 4.69) is 13.0 Å².